The highest BCUT2D eigenvalue weighted by Crippen LogP contribution is 2.73. The molecule has 2 saturated carbocycles. The first kappa shape index (κ1) is 37.2. The molecule has 6 N–H and O–H groups in total. The molecular formula is C38H64O9. The van der Waals surface area contributed by atoms with Crippen molar-refractivity contribution in [1.82, 2.24) is 0 Å². The lowest BCUT2D eigenvalue weighted by Crippen LogP contribution is -2.62. The minimum Gasteiger partial charge on any atom is -0.481 e. The van der Waals surface area contributed by atoms with Gasteiger partial charge in [-0.15, -0.1) is 0 Å². The zero-order valence-electron chi connectivity index (χ0n) is 30.4. The van der Waals surface area contributed by atoms with E-state index in [0.717, 1.165) is 44.9 Å². The van der Waals surface area contributed by atoms with Gasteiger partial charge in [0, 0.05) is 0 Å². The molecule has 0 aromatic rings. The fourth-order valence-corrected chi connectivity index (χ4v) is 11.4. The average molecular weight is 665 g/mol. The molecule has 0 aromatic carbocycles. The lowest BCUT2D eigenvalue weighted by molar-refractivity contribution is -0.325. The van der Waals surface area contributed by atoms with Gasteiger partial charge in [-0.3, -0.25) is 4.79 Å². The molecule has 1 aliphatic heterocycles. The number of aliphatic carboxylic acids is 1. The van der Waals surface area contributed by atoms with Crippen LogP contribution >= 0.6 is 0 Å². The molecule has 0 spiro atoms. The number of aliphatic hydroxyl groups is 5. The van der Waals surface area contributed by atoms with Gasteiger partial charge < -0.3 is 40.1 Å². The van der Waals surface area contributed by atoms with E-state index < -0.39 is 54.3 Å². The summed E-state index contributed by atoms with van der Waals surface area (Å²) in [6.07, 6.45) is 1.07. The van der Waals surface area contributed by atoms with Gasteiger partial charge in [0.15, 0.2) is 6.29 Å². The quantitative estimate of drug-likeness (QED) is 0.192. The second-order valence-corrected chi connectivity index (χ2v) is 18.5. The van der Waals surface area contributed by atoms with Gasteiger partial charge >= 0.3 is 5.97 Å². The van der Waals surface area contributed by atoms with Crippen molar-refractivity contribution in [2.45, 2.75) is 169 Å². The highest BCUT2D eigenvalue weighted by Gasteiger charge is 2.68. The Labute approximate surface area is 282 Å². The van der Waals surface area contributed by atoms with E-state index in [1.54, 1.807) is 0 Å². The molecule has 0 amide bonds. The van der Waals surface area contributed by atoms with Crippen LogP contribution in [0.4, 0.5) is 0 Å². The smallest absolute Gasteiger partial charge is 0.314 e. The standard InChI is InChI=1S/C38H64O9/c1-21(12-18-37(9,45)33(2,3)4)22-14-19-38(32(43)44)24-10-11-26-34(5,6)27(15-16-35(26,7)23(24)13-17-36(22,38)8)47-31-30(42)29(41)28(40)25(20-39)46-31/h21-22,25-31,39-42,45H,10-20H2,1-9H3,(H,43,44)/t21-,22?,25-,26+,27+,28+,29+,30-,31+,35-,36-,37?,38+/m1/s1. The maximum atomic E-state index is 13.6. The number of ether oxygens (including phenoxy) is 2. The van der Waals surface area contributed by atoms with Gasteiger partial charge in [0.25, 0.3) is 0 Å². The predicted molar refractivity (Wildman–Crippen MR) is 178 cm³/mol. The highest BCUT2D eigenvalue weighted by molar-refractivity contribution is 5.82. The topological polar surface area (TPSA) is 157 Å². The molecule has 270 valence electrons. The van der Waals surface area contributed by atoms with Crippen molar-refractivity contribution in [2.75, 3.05) is 6.61 Å². The largest absolute Gasteiger partial charge is 0.481 e. The Hall–Kier alpha value is -1.07. The number of hydrogen-bond donors (Lipinski definition) is 6. The molecule has 2 unspecified atom stereocenters. The predicted octanol–water partition coefficient (Wildman–Crippen LogP) is 5.20. The van der Waals surface area contributed by atoms with E-state index in [-0.39, 0.29) is 39.6 Å². The summed E-state index contributed by atoms with van der Waals surface area (Å²) < 4.78 is 12.1. The van der Waals surface area contributed by atoms with Crippen molar-refractivity contribution in [2.24, 2.45) is 44.8 Å². The average Bonchev–Trinajstić information content (AvgIpc) is 3.31. The SMILES string of the molecule is C[C@H](CCC(C)(O)C(C)(C)C)C1CC[C@@]2(C(=O)O)C3=C(CC[C@]12C)[C@@]1(C)CC[C@H](O[C@@H]2O[C@H](CO)[C@H](O)[C@H](O)[C@H]2O)C(C)(C)[C@@H]1CC3. The minimum atomic E-state index is -1.49. The Kier molecular flexibility index (Phi) is 9.74. The number of rotatable bonds is 8. The highest BCUT2D eigenvalue weighted by atomic mass is 16.7. The van der Waals surface area contributed by atoms with Gasteiger partial charge in [0.1, 0.15) is 24.4 Å². The maximum Gasteiger partial charge on any atom is 0.314 e. The van der Waals surface area contributed by atoms with E-state index in [2.05, 4.69) is 55.4 Å². The van der Waals surface area contributed by atoms with Crippen LogP contribution in [-0.4, -0.2) is 85.6 Å². The second kappa shape index (κ2) is 12.3. The van der Waals surface area contributed by atoms with Crippen molar-refractivity contribution in [3.8, 4) is 0 Å². The Balaban J connectivity index is 1.41. The molecule has 4 aliphatic carbocycles. The zero-order chi connectivity index (χ0) is 35.1. The van der Waals surface area contributed by atoms with Gasteiger partial charge in [0.2, 0.25) is 0 Å². The van der Waals surface area contributed by atoms with Crippen LogP contribution in [0.3, 0.4) is 0 Å². The summed E-state index contributed by atoms with van der Waals surface area (Å²) in [4.78, 5) is 13.6. The summed E-state index contributed by atoms with van der Waals surface area (Å²) in [5.41, 5.74) is -0.278. The first-order chi connectivity index (χ1) is 21.6. The molecule has 5 aliphatic rings. The fraction of sp³-hybridized carbons (Fsp3) is 0.921. The number of carboxylic acids is 1. The van der Waals surface area contributed by atoms with Crippen LogP contribution in [0.1, 0.15) is 127 Å². The number of aliphatic hydroxyl groups excluding tert-OH is 4. The summed E-state index contributed by atoms with van der Waals surface area (Å²) in [6.45, 7) is 18.9. The van der Waals surface area contributed by atoms with Crippen LogP contribution in [0, 0.1) is 44.8 Å². The first-order valence-electron chi connectivity index (χ1n) is 18.2. The third-order valence-electron chi connectivity index (χ3n) is 15.1. The summed E-state index contributed by atoms with van der Waals surface area (Å²) >= 11 is 0. The number of allylic oxidation sites excluding steroid dienone is 1. The van der Waals surface area contributed by atoms with E-state index in [1.165, 1.54) is 11.1 Å². The van der Waals surface area contributed by atoms with Crippen LogP contribution < -0.4 is 0 Å². The van der Waals surface area contributed by atoms with Crippen LogP contribution in [0.5, 0.6) is 0 Å². The molecule has 13 atom stereocenters. The molecule has 1 heterocycles. The normalized spacial score (nSPS) is 45.4. The van der Waals surface area contributed by atoms with Crippen LogP contribution in [-0.2, 0) is 14.3 Å². The monoisotopic (exact) mass is 664 g/mol. The van der Waals surface area contributed by atoms with E-state index in [9.17, 15) is 35.4 Å². The van der Waals surface area contributed by atoms with Crippen molar-refractivity contribution >= 4 is 5.97 Å². The number of carbonyl (C=O) groups is 1. The van der Waals surface area contributed by atoms with E-state index in [4.69, 9.17) is 9.47 Å². The summed E-state index contributed by atoms with van der Waals surface area (Å²) in [6, 6.07) is 0. The lowest BCUT2D eigenvalue weighted by atomic mass is 9.43. The van der Waals surface area contributed by atoms with Crippen molar-refractivity contribution < 1.29 is 44.9 Å². The van der Waals surface area contributed by atoms with Gasteiger partial charge in [-0.25, -0.2) is 0 Å². The van der Waals surface area contributed by atoms with Crippen molar-refractivity contribution in [3.05, 3.63) is 11.1 Å². The molecule has 5 rings (SSSR count). The van der Waals surface area contributed by atoms with E-state index in [1.807, 2.05) is 6.92 Å². The maximum absolute atomic E-state index is 13.6. The second-order valence-electron chi connectivity index (χ2n) is 18.5. The molecular weight excluding hydrogens is 600 g/mol. The molecule has 0 aromatic heterocycles. The summed E-state index contributed by atoms with van der Waals surface area (Å²) in [5.74, 6) is 0.110. The zero-order valence-corrected chi connectivity index (χ0v) is 30.4. The van der Waals surface area contributed by atoms with Crippen LogP contribution in [0.15, 0.2) is 11.1 Å². The molecule has 3 fully saturated rings. The third-order valence-corrected chi connectivity index (χ3v) is 15.1. The van der Waals surface area contributed by atoms with Gasteiger partial charge in [-0.05, 0) is 111 Å². The summed E-state index contributed by atoms with van der Waals surface area (Å²) in [5, 5.41) is 63.4. The molecule has 47 heavy (non-hydrogen) atoms. The summed E-state index contributed by atoms with van der Waals surface area (Å²) in [7, 11) is 0. The van der Waals surface area contributed by atoms with E-state index >= 15 is 0 Å². The van der Waals surface area contributed by atoms with E-state index in [0.29, 0.717) is 25.2 Å². The van der Waals surface area contributed by atoms with Gasteiger partial charge in [0.05, 0.1) is 23.7 Å². The molecule has 0 bridgehead atoms. The fourth-order valence-electron chi connectivity index (χ4n) is 11.4. The molecule has 1 saturated heterocycles. The molecule has 9 nitrogen and oxygen atoms in total. The Morgan fingerprint density at radius 2 is 1.60 bits per heavy atom. The Morgan fingerprint density at radius 1 is 0.936 bits per heavy atom. The van der Waals surface area contributed by atoms with Gasteiger partial charge in [-0.1, -0.05) is 66.5 Å². The molecule has 9 heteroatoms. The van der Waals surface area contributed by atoms with Crippen molar-refractivity contribution in [1.29, 1.82) is 0 Å². The first-order valence-corrected chi connectivity index (χ1v) is 18.2. The van der Waals surface area contributed by atoms with Gasteiger partial charge in [-0.2, -0.15) is 0 Å². The Bertz CT molecular complexity index is 1220. The number of fused-ring (bicyclic) bond motifs is 4. The minimum absolute atomic E-state index is 0.189. The lowest BCUT2D eigenvalue weighted by Gasteiger charge is -2.62. The van der Waals surface area contributed by atoms with Crippen LogP contribution in [0.25, 0.3) is 0 Å². The number of carboxylic acid groups (broad SMARTS) is 1. The van der Waals surface area contributed by atoms with Crippen LogP contribution in [0.2, 0.25) is 0 Å². The molecule has 0 radical (unpaired) electrons. The Morgan fingerprint density at radius 3 is 2.19 bits per heavy atom. The third kappa shape index (κ3) is 5.57. The van der Waals surface area contributed by atoms with Crippen molar-refractivity contribution in [3.63, 3.8) is 0 Å². The number of hydrogen-bond acceptors (Lipinski definition) is 8.